The van der Waals surface area contributed by atoms with Gasteiger partial charge in [0.05, 0.1) is 0 Å². The van der Waals surface area contributed by atoms with E-state index in [9.17, 15) is 4.79 Å². The monoisotopic (exact) mass is 288 g/mol. The summed E-state index contributed by atoms with van der Waals surface area (Å²) in [5.41, 5.74) is 2.57. The number of hydrogen-bond donors (Lipinski definition) is 0. The Morgan fingerprint density at radius 1 is 1.05 bits per heavy atom. The minimum absolute atomic E-state index is 0.101. The molecule has 1 atom stereocenters. The van der Waals surface area contributed by atoms with E-state index in [1.54, 1.807) is 0 Å². The van der Waals surface area contributed by atoms with Crippen LogP contribution in [0.25, 0.3) is 0 Å². The van der Waals surface area contributed by atoms with Crippen molar-refractivity contribution >= 4 is 5.78 Å². The van der Waals surface area contributed by atoms with Crippen molar-refractivity contribution in [2.24, 2.45) is 5.92 Å². The highest BCUT2D eigenvalue weighted by atomic mass is 16.1. The first-order valence-corrected chi connectivity index (χ1v) is 8.77. The van der Waals surface area contributed by atoms with E-state index in [1.165, 1.54) is 36.8 Å². The van der Waals surface area contributed by atoms with Gasteiger partial charge in [-0.2, -0.15) is 0 Å². The predicted octanol–water partition coefficient (Wildman–Crippen LogP) is 5.92. The summed E-state index contributed by atoms with van der Waals surface area (Å²) in [6, 6.07) is 8.66. The van der Waals surface area contributed by atoms with Crippen LogP contribution in [-0.4, -0.2) is 5.78 Å². The van der Waals surface area contributed by atoms with Crippen molar-refractivity contribution in [3.63, 3.8) is 0 Å². The fraction of sp³-hybridized carbons (Fsp3) is 0.650. The third-order valence-electron chi connectivity index (χ3n) is 4.46. The summed E-state index contributed by atoms with van der Waals surface area (Å²) in [6.45, 7) is 8.66. The van der Waals surface area contributed by atoms with Gasteiger partial charge in [-0.3, -0.25) is 4.79 Å². The Hall–Kier alpha value is -1.11. The van der Waals surface area contributed by atoms with Crippen LogP contribution in [0.3, 0.4) is 0 Å². The number of rotatable bonds is 10. The van der Waals surface area contributed by atoms with E-state index in [0.717, 1.165) is 12.8 Å². The second kappa shape index (κ2) is 9.76. The van der Waals surface area contributed by atoms with Crippen molar-refractivity contribution in [2.75, 3.05) is 0 Å². The molecule has 0 aromatic heterocycles. The SMILES string of the molecule is CCCC(CCC)CC(C(=O)CC)c1cccc(CC)c1. The number of carbonyl (C=O) groups is 1. The number of ketones is 1. The molecule has 0 saturated heterocycles. The van der Waals surface area contributed by atoms with Crippen LogP contribution in [-0.2, 0) is 11.2 Å². The Morgan fingerprint density at radius 2 is 1.71 bits per heavy atom. The molecule has 21 heavy (non-hydrogen) atoms. The van der Waals surface area contributed by atoms with Crippen LogP contribution < -0.4 is 0 Å². The molecule has 1 aromatic carbocycles. The van der Waals surface area contributed by atoms with Crippen molar-refractivity contribution in [3.05, 3.63) is 35.4 Å². The molecule has 0 radical (unpaired) electrons. The quantitative estimate of drug-likeness (QED) is 0.522. The van der Waals surface area contributed by atoms with Crippen molar-refractivity contribution in [2.45, 2.75) is 78.6 Å². The van der Waals surface area contributed by atoms with E-state index in [4.69, 9.17) is 0 Å². The zero-order valence-electron chi connectivity index (χ0n) is 14.3. The third-order valence-corrected chi connectivity index (χ3v) is 4.46. The van der Waals surface area contributed by atoms with Gasteiger partial charge in [0.25, 0.3) is 0 Å². The second-order valence-electron chi connectivity index (χ2n) is 6.15. The van der Waals surface area contributed by atoms with Gasteiger partial charge in [0.15, 0.2) is 0 Å². The molecule has 1 nitrogen and oxygen atoms in total. The molecule has 0 amide bonds. The molecule has 0 spiro atoms. The Kier molecular flexibility index (Phi) is 8.34. The van der Waals surface area contributed by atoms with Gasteiger partial charge in [0.1, 0.15) is 5.78 Å². The van der Waals surface area contributed by atoms with Gasteiger partial charge in [-0.15, -0.1) is 0 Å². The molecule has 0 aliphatic rings. The van der Waals surface area contributed by atoms with Gasteiger partial charge in [-0.05, 0) is 29.9 Å². The maximum Gasteiger partial charge on any atom is 0.140 e. The van der Waals surface area contributed by atoms with Crippen LogP contribution in [0.1, 0.15) is 83.3 Å². The molecule has 1 heteroatoms. The van der Waals surface area contributed by atoms with E-state index in [1.807, 2.05) is 6.92 Å². The lowest BCUT2D eigenvalue weighted by Crippen LogP contribution is -2.16. The predicted molar refractivity (Wildman–Crippen MR) is 91.8 cm³/mol. The van der Waals surface area contributed by atoms with Crippen LogP contribution in [0, 0.1) is 5.92 Å². The lowest BCUT2D eigenvalue weighted by atomic mass is 9.81. The highest BCUT2D eigenvalue weighted by molar-refractivity contribution is 5.85. The molecular weight excluding hydrogens is 256 g/mol. The highest BCUT2D eigenvalue weighted by Gasteiger charge is 2.23. The zero-order chi connectivity index (χ0) is 15.7. The van der Waals surface area contributed by atoms with E-state index in [0.29, 0.717) is 18.1 Å². The Labute approximate surface area is 131 Å². The van der Waals surface area contributed by atoms with E-state index in [-0.39, 0.29) is 5.92 Å². The summed E-state index contributed by atoms with van der Waals surface area (Å²) in [6.07, 6.45) is 7.63. The molecule has 0 N–H and O–H groups in total. The number of carbonyl (C=O) groups excluding carboxylic acids is 1. The van der Waals surface area contributed by atoms with Gasteiger partial charge in [-0.1, -0.05) is 77.6 Å². The first-order chi connectivity index (χ1) is 10.2. The molecule has 1 aromatic rings. The minimum Gasteiger partial charge on any atom is -0.299 e. The molecule has 0 aliphatic heterocycles. The normalized spacial score (nSPS) is 12.6. The Bertz CT molecular complexity index is 416. The van der Waals surface area contributed by atoms with Crippen molar-refractivity contribution in [1.82, 2.24) is 0 Å². The van der Waals surface area contributed by atoms with E-state index < -0.39 is 0 Å². The summed E-state index contributed by atoms with van der Waals surface area (Å²) in [5.74, 6) is 1.19. The molecular formula is C20H32O. The van der Waals surface area contributed by atoms with Crippen molar-refractivity contribution in [1.29, 1.82) is 0 Å². The molecule has 0 heterocycles. The number of hydrogen-bond acceptors (Lipinski definition) is 1. The number of aryl methyl sites for hydroxylation is 1. The lowest BCUT2D eigenvalue weighted by Gasteiger charge is -2.23. The Balaban J connectivity index is 2.95. The summed E-state index contributed by atoms with van der Waals surface area (Å²) >= 11 is 0. The van der Waals surface area contributed by atoms with Gasteiger partial charge in [0.2, 0.25) is 0 Å². The van der Waals surface area contributed by atoms with E-state index in [2.05, 4.69) is 45.0 Å². The minimum atomic E-state index is 0.101. The highest BCUT2D eigenvalue weighted by Crippen LogP contribution is 2.31. The molecule has 0 aliphatic carbocycles. The maximum atomic E-state index is 12.5. The summed E-state index contributed by atoms with van der Waals surface area (Å²) in [5, 5.41) is 0. The average molecular weight is 288 g/mol. The number of Topliss-reactive ketones (excluding diaryl/α,β-unsaturated/α-hetero) is 1. The second-order valence-corrected chi connectivity index (χ2v) is 6.15. The van der Waals surface area contributed by atoms with Crippen LogP contribution in [0.4, 0.5) is 0 Å². The lowest BCUT2D eigenvalue weighted by molar-refractivity contribution is -0.120. The first-order valence-electron chi connectivity index (χ1n) is 8.77. The van der Waals surface area contributed by atoms with Gasteiger partial charge < -0.3 is 0 Å². The van der Waals surface area contributed by atoms with Crippen molar-refractivity contribution in [3.8, 4) is 0 Å². The molecule has 0 bridgehead atoms. The standard InChI is InChI=1S/C20H32O/c1-5-10-17(11-6-2)15-19(20(21)8-4)18-13-9-12-16(7-3)14-18/h9,12-14,17,19H,5-8,10-11,15H2,1-4H3. The fourth-order valence-corrected chi connectivity index (χ4v) is 3.26. The maximum absolute atomic E-state index is 12.5. The molecule has 1 unspecified atom stereocenters. The van der Waals surface area contributed by atoms with Crippen LogP contribution in [0.15, 0.2) is 24.3 Å². The van der Waals surface area contributed by atoms with Crippen LogP contribution in [0.5, 0.6) is 0 Å². The smallest absolute Gasteiger partial charge is 0.140 e. The zero-order valence-corrected chi connectivity index (χ0v) is 14.3. The molecule has 0 fully saturated rings. The largest absolute Gasteiger partial charge is 0.299 e. The summed E-state index contributed by atoms with van der Waals surface area (Å²) in [7, 11) is 0. The van der Waals surface area contributed by atoms with E-state index >= 15 is 0 Å². The Morgan fingerprint density at radius 3 is 2.24 bits per heavy atom. The summed E-state index contributed by atoms with van der Waals surface area (Å²) in [4.78, 5) is 12.5. The third kappa shape index (κ3) is 5.65. The first kappa shape index (κ1) is 17.9. The fourth-order valence-electron chi connectivity index (χ4n) is 3.26. The number of benzene rings is 1. The van der Waals surface area contributed by atoms with Gasteiger partial charge in [-0.25, -0.2) is 0 Å². The van der Waals surface area contributed by atoms with Gasteiger partial charge >= 0.3 is 0 Å². The van der Waals surface area contributed by atoms with Gasteiger partial charge in [0, 0.05) is 12.3 Å². The summed E-state index contributed by atoms with van der Waals surface area (Å²) < 4.78 is 0. The van der Waals surface area contributed by atoms with Crippen molar-refractivity contribution < 1.29 is 4.79 Å². The topological polar surface area (TPSA) is 17.1 Å². The molecule has 1 rings (SSSR count). The van der Waals surface area contributed by atoms with Crippen LogP contribution in [0.2, 0.25) is 0 Å². The average Bonchev–Trinajstić information content (AvgIpc) is 2.52. The molecule has 118 valence electrons. The molecule has 0 saturated carbocycles. The van der Waals surface area contributed by atoms with Crippen LogP contribution >= 0.6 is 0 Å².